The molecule has 5 heteroatoms. The molecule has 2 rings (SSSR count). The average Bonchev–Trinajstić information content (AvgIpc) is 2.60. The van der Waals surface area contributed by atoms with Crippen molar-refractivity contribution in [3.05, 3.63) is 59.4 Å². The molecule has 0 spiro atoms. The summed E-state index contributed by atoms with van der Waals surface area (Å²) in [6, 6.07) is 11.4. The smallest absolute Gasteiger partial charge is 0.227 e. The minimum absolute atomic E-state index is 0.127. The zero-order valence-corrected chi connectivity index (χ0v) is 14.4. The number of benzene rings is 2. The van der Waals surface area contributed by atoms with Crippen LogP contribution < -0.4 is 9.47 Å². The largest absolute Gasteiger partial charge is 0.497 e. The SMILES string of the molecule is COc1ccc(OC)c(CC(=O)N(C)[C@H](C)c2ccccc2F)c1. The van der Waals surface area contributed by atoms with Gasteiger partial charge in [-0.2, -0.15) is 0 Å². The quantitative estimate of drug-likeness (QED) is 0.812. The van der Waals surface area contributed by atoms with Crippen molar-refractivity contribution in [2.24, 2.45) is 0 Å². The number of carbonyl (C=O) groups is 1. The standard InChI is InChI=1S/C19H22FNO3/c1-13(16-7-5-6-8-17(16)20)21(2)19(22)12-14-11-15(23-3)9-10-18(14)24-4/h5-11,13H,12H2,1-4H3/t13-/m1/s1. The van der Waals surface area contributed by atoms with E-state index in [0.29, 0.717) is 17.1 Å². The molecule has 1 amide bonds. The van der Waals surface area contributed by atoms with Crippen LogP contribution in [0.4, 0.5) is 4.39 Å². The van der Waals surface area contributed by atoms with Gasteiger partial charge in [-0.1, -0.05) is 18.2 Å². The highest BCUT2D eigenvalue weighted by Gasteiger charge is 2.21. The van der Waals surface area contributed by atoms with Gasteiger partial charge in [0.25, 0.3) is 0 Å². The summed E-state index contributed by atoms with van der Waals surface area (Å²) < 4.78 is 24.4. The number of carbonyl (C=O) groups excluding carboxylic acids is 1. The molecule has 0 bridgehead atoms. The summed E-state index contributed by atoms with van der Waals surface area (Å²) in [4.78, 5) is 14.2. The molecule has 128 valence electrons. The summed E-state index contributed by atoms with van der Waals surface area (Å²) in [7, 11) is 4.80. The zero-order valence-electron chi connectivity index (χ0n) is 14.4. The monoisotopic (exact) mass is 331 g/mol. The van der Waals surface area contributed by atoms with E-state index in [0.717, 1.165) is 5.56 Å². The number of halogens is 1. The van der Waals surface area contributed by atoms with Gasteiger partial charge in [0.2, 0.25) is 5.91 Å². The summed E-state index contributed by atoms with van der Waals surface area (Å²) in [6.45, 7) is 1.80. The highest BCUT2D eigenvalue weighted by atomic mass is 19.1. The summed E-state index contributed by atoms with van der Waals surface area (Å²) in [5, 5.41) is 0. The summed E-state index contributed by atoms with van der Waals surface area (Å²) in [5.74, 6) is 0.834. The number of nitrogens with zero attached hydrogens (tertiary/aromatic N) is 1. The van der Waals surface area contributed by atoms with Crippen LogP contribution in [0.15, 0.2) is 42.5 Å². The van der Waals surface area contributed by atoms with Crippen LogP contribution in [0.2, 0.25) is 0 Å². The summed E-state index contributed by atoms with van der Waals surface area (Å²) >= 11 is 0. The number of ether oxygens (including phenoxy) is 2. The molecule has 0 unspecified atom stereocenters. The zero-order chi connectivity index (χ0) is 17.7. The van der Waals surface area contributed by atoms with Crippen LogP contribution in [-0.2, 0) is 11.2 Å². The van der Waals surface area contributed by atoms with E-state index in [9.17, 15) is 9.18 Å². The first-order chi connectivity index (χ1) is 11.5. The van der Waals surface area contributed by atoms with Crippen molar-refractivity contribution >= 4 is 5.91 Å². The van der Waals surface area contributed by atoms with Crippen molar-refractivity contribution in [2.75, 3.05) is 21.3 Å². The summed E-state index contributed by atoms with van der Waals surface area (Å²) in [5.41, 5.74) is 1.22. The fraction of sp³-hybridized carbons (Fsp3) is 0.316. The second-order valence-corrected chi connectivity index (χ2v) is 5.56. The molecule has 0 saturated heterocycles. The Morgan fingerprint density at radius 3 is 2.50 bits per heavy atom. The normalized spacial score (nSPS) is 11.7. The first-order valence-electron chi connectivity index (χ1n) is 7.69. The molecule has 0 aliphatic heterocycles. The number of hydrogen-bond acceptors (Lipinski definition) is 3. The van der Waals surface area contributed by atoms with Gasteiger partial charge in [0.1, 0.15) is 17.3 Å². The molecule has 4 nitrogen and oxygen atoms in total. The molecular weight excluding hydrogens is 309 g/mol. The van der Waals surface area contributed by atoms with Crippen molar-refractivity contribution < 1.29 is 18.7 Å². The van der Waals surface area contributed by atoms with Crippen molar-refractivity contribution in [3.8, 4) is 11.5 Å². The Morgan fingerprint density at radius 1 is 1.17 bits per heavy atom. The molecular formula is C19H22FNO3. The highest BCUT2D eigenvalue weighted by Crippen LogP contribution is 2.27. The van der Waals surface area contributed by atoms with E-state index >= 15 is 0 Å². The van der Waals surface area contributed by atoms with Gasteiger partial charge < -0.3 is 14.4 Å². The number of amides is 1. The molecule has 2 aromatic carbocycles. The molecule has 0 radical (unpaired) electrons. The first kappa shape index (κ1) is 17.8. The molecule has 0 aliphatic carbocycles. The van der Waals surface area contributed by atoms with Crippen molar-refractivity contribution in [1.29, 1.82) is 0 Å². The van der Waals surface area contributed by atoms with Gasteiger partial charge in [-0.3, -0.25) is 4.79 Å². The fourth-order valence-electron chi connectivity index (χ4n) is 2.55. The maximum Gasteiger partial charge on any atom is 0.227 e. The Hall–Kier alpha value is -2.56. The average molecular weight is 331 g/mol. The third-order valence-electron chi connectivity index (χ3n) is 4.16. The fourth-order valence-corrected chi connectivity index (χ4v) is 2.55. The van der Waals surface area contributed by atoms with Crippen LogP contribution in [0, 0.1) is 5.82 Å². The minimum atomic E-state index is -0.365. The Balaban J connectivity index is 2.19. The van der Waals surface area contributed by atoms with Crippen LogP contribution >= 0.6 is 0 Å². The molecule has 0 heterocycles. The maximum atomic E-state index is 13.9. The number of rotatable bonds is 6. The second kappa shape index (κ2) is 7.81. The van der Waals surface area contributed by atoms with Crippen LogP contribution in [0.5, 0.6) is 11.5 Å². The second-order valence-electron chi connectivity index (χ2n) is 5.56. The number of hydrogen-bond donors (Lipinski definition) is 0. The van der Waals surface area contributed by atoms with Crippen LogP contribution in [0.1, 0.15) is 24.1 Å². The van der Waals surface area contributed by atoms with E-state index in [2.05, 4.69) is 0 Å². The molecule has 24 heavy (non-hydrogen) atoms. The van der Waals surface area contributed by atoms with Crippen LogP contribution in [-0.4, -0.2) is 32.1 Å². The molecule has 0 N–H and O–H groups in total. The van der Waals surface area contributed by atoms with Gasteiger partial charge >= 0.3 is 0 Å². The molecule has 0 saturated carbocycles. The Bertz CT molecular complexity index is 718. The topological polar surface area (TPSA) is 38.8 Å². The highest BCUT2D eigenvalue weighted by molar-refractivity contribution is 5.80. The maximum absolute atomic E-state index is 13.9. The summed E-state index contributed by atoms with van der Waals surface area (Å²) in [6.07, 6.45) is 0.148. The van der Waals surface area contributed by atoms with E-state index in [1.165, 1.54) is 11.0 Å². The number of methoxy groups -OCH3 is 2. The van der Waals surface area contributed by atoms with Gasteiger partial charge in [-0.15, -0.1) is 0 Å². The van der Waals surface area contributed by atoms with Gasteiger partial charge in [0, 0.05) is 18.2 Å². The van der Waals surface area contributed by atoms with E-state index in [1.807, 2.05) is 0 Å². The molecule has 2 aromatic rings. The Labute approximate surface area is 141 Å². The number of likely N-dealkylation sites (N-methyl/N-ethyl adjacent to an activating group) is 1. The Morgan fingerprint density at radius 2 is 1.88 bits per heavy atom. The Kier molecular flexibility index (Phi) is 5.79. The molecule has 0 aliphatic rings. The van der Waals surface area contributed by atoms with Crippen LogP contribution in [0.3, 0.4) is 0 Å². The van der Waals surface area contributed by atoms with Crippen molar-refractivity contribution in [1.82, 2.24) is 4.90 Å². The van der Waals surface area contributed by atoms with E-state index in [-0.39, 0.29) is 24.2 Å². The lowest BCUT2D eigenvalue weighted by Crippen LogP contribution is -2.31. The van der Waals surface area contributed by atoms with E-state index in [4.69, 9.17) is 9.47 Å². The third-order valence-corrected chi connectivity index (χ3v) is 4.16. The molecule has 0 aromatic heterocycles. The lowest BCUT2D eigenvalue weighted by molar-refractivity contribution is -0.131. The van der Waals surface area contributed by atoms with Crippen molar-refractivity contribution in [2.45, 2.75) is 19.4 Å². The van der Waals surface area contributed by atoms with Crippen molar-refractivity contribution in [3.63, 3.8) is 0 Å². The lowest BCUT2D eigenvalue weighted by atomic mass is 10.0. The predicted octanol–water partition coefficient (Wildman–Crippen LogP) is 3.61. The minimum Gasteiger partial charge on any atom is -0.497 e. The predicted molar refractivity (Wildman–Crippen MR) is 90.8 cm³/mol. The third kappa shape index (κ3) is 3.85. The van der Waals surface area contributed by atoms with E-state index in [1.54, 1.807) is 64.6 Å². The molecule has 0 fully saturated rings. The van der Waals surface area contributed by atoms with Crippen LogP contribution in [0.25, 0.3) is 0 Å². The lowest BCUT2D eigenvalue weighted by Gasteiger charge is -2.26. The molecule has 1 atom stereocenters. The van der Waals surface area contributed by atoms with Gasteiger partial charge in [-0.25, -0.2) is 4.39 Å². The van der Waals surface area contributed by atoms with Gasteiger partial charge in [-0.05, 0) is 31.2 Å². The van der Waals surface area contributed by atoms with Gasteiger partial charge in [0.15, 0.2) is 0 Å². The first-order valence-corrected chi connectivity index (χ1v) is 7.69. The van der Waals surface area contributed by atoms with E-state index < -0.39 is 0 Å². The van der Waals surface area contributed by atoms with Gasteiger partial charge in [0.05, 0.1) is 26.7 Å².